The highest BCUT2D eigenvalue weighted by Crippen LogP contribution is 1.99. The van der Waals surface area contributed by atoms with Crippen molar-refractivity contribution in [2.75, 3.05) is 6.61 Å². The van der Waals surface area contributed by atoms with E-state index >= 15 is 0 Å². The van der Waals surface area contributed by atoms with E-state index in [1.54, 1.807) is 0 Å². The summed E-state index contributed by atoms with van der Waals surface area (Å²) in [5.41, 5.74) is 15.2. The number of unbranched alkanes of at least 4 members (excludes halogenated alkanes) is 3. The molecule has 0 saturated heterocycles. The van der Waals surface area contributed by atoms with Crippen LogP contribution in [0, 0.1) is 0 Å². The Kier molecular flexibility index (Phi) is 9.88. The van der Waals surface area contributed by atoms with Crippen LogP contribution in [0.15, 0.2) is 22.3 Å². The average Bonchev–Trinajstić information content (AvgIpc) is 2.42. The zero-order valence-electron chi connectivity index (χ0n) is 11.9. The van der Waals surface area contributed by atoms with Gasteiger partial charge in [0, 0.05) is 12.2 Å². The summed E-state index contributed by atoms with van der Waals surface area (Å²) in [5, 5.41) is 3.13. The number of hydrogen-bond donors (Lipinski definition) is 3. The second-order valence-corrected chi connectivity index (χ2v) is 3.96. The van der Waals surface area contributed by atoms with Crippen LogP contribution in [0.5, 0.6) is 0 Å². The van der Waals surface area contributed by atoms with E-state index < -0.39 is 17.9 Å². The van der Waals surface area contributed by atoms with Gasteiger partial charge in [-0.3, -0.25) is 0 Å². The van der Waals surface area contributed by atoms with E-state index in [1.807, 2.05) is 0 Å². The molecule has 0 aromatic carbocycles. The fraction of sp³-hybridized carbons (Fsp3) is 0.500. The lowest BCUT2D eigenvalue weighted by Gasteiger charge is -2.00. The van der Waals surface area contributed by atoms with Crippen LogP contribution in [0.4, 0.5) is 0 Å². The minimum atomic E-state index is -0.910. The Labute approximate surface area is 122 Å². The Morgan fingerprint density at radius 1 is 1.05 bits per heavy atom. The molecular formula is C12H21N5O4. The first kappa shape index (κ1) is 18.4. The van der Waals surface area contributed by atoms with Gasteiger partial charge < -0.3 is 26.8 Å². The SMILES string of the molecule is CCCCCCOC(=O)/C=C\C(=O)ON=C(N)N=C(N)N. The summed E-state index contributed by atoms with van der Waals surface area (Å²) in [4.78, 5) is 30.0. The van der Waals surface area contributed by atoms with Crippen LogP contribution in [0.25, 0.3) is 0 Å². The number of nitrogens with two attached hydrogens (primary N) is 3. The summed E-state index contributed by atoms with van der Waals surface area (Å²) in [6, 6.07) is 0. The number of hydrogen-bond acceptors (Lipinski definition) is 5. The first-order chi connectivity index (χ1) is 9.95. The summed E-state index contributed by atoms with van der Waals surface area (Å²) < 4.78 is 4.87. The van der Waals surface area contributed by atoms with Gasteiger partial charge in [-0.1, -0.05) is 26.2 Å². The maximum Gasteiger partial charge on any atom is 0.359 e. The molecule has 0 spiro atoms. The monoisotopic (exact) mass is 299 g/mol. The predicted molar refractivity (Wildman–Crippen MR) is 77.8 cm³/mol. The van der Waals surface area contributed by atoms with Gasteiger partial charge in [0.05, 0.1) is 6.61 Å². The zero-order valence-corrected chi connectivity index (χ0v) is 11.9. The van der Waals surface area contributed by atoms with Crippen LogP contribution < -0.4 is 17.2 Å². The lowest BCUT2D eigenvalue weighted by Crippen LogP contribution is -2.26. The van der Waals surface area contributed by atoms with Crippen molar-refractivity contribution in [2.45, 2.75) is 32.6 Å². The molecule has 0 radical (unpaired) electrons. The summed E-state index contributed by atoms with van der Waals surface area (Å²) in [6.45, 7) is 2.40. The van der Waals surface area contributed by atoms with Crippen molar-refractivity contribution < 1.29 is 19.2 Å². The number of oxime groups is 1. The van der Waals surface area contributed by atoms with Crippen LogP contribution in [-0.4, -0.2) is 30.5 Å². The fourth-order valence-electron chi connectivity index (χ4n) is 1.16. The summed E-state index contributed by atoms with van der Waals surface area (Å²) in [6.07, 6.45) is 5.78. The Hall–Kier alpha value is -2.58. The number of aliphatic imine (C=N–C) groups is 1. The van der Waals surface area contributed by atoms with Gasteiger partial charge in [0.25, 0.3) is 5.96 Å². The predicted octanol–water partition coefficient (Wildman–Crippen LogP) is -0.288. The van der Waals surface area contributed by atoms with Crippen LogP contribution in [0.2, 0.25) is 0 Å². The lowest BCUT2D eigenvalue weighted by atomic mass is 10.2. The second-order valence-electron chi connectivity index (χ2n) is 3.96. The third-order valence-corrected chi connectivity index (χ3v) is 2.07. The van der Waals surface area contributed by atoms with E-state index in [4.69, 9.17) is 21.9 Å². The molecule has 0 unspecified atom stereocenters. The molecule has 0 aliphatic rings. The molecule has 21 heavy (non-hydrogen) atoms. The number of guanidine groups is 2. The number of esters is 1. The lowest BCUT2D eigenvalue weighted by molar-refractivity contribution is -0.140. The summed E-state index contributed by atoms with van der Waals surface area (Å²) in [7, 11) is 0. The van der Waals surface area contributed by atoms with Crippen LogP contribution in [-0.2, 0) is 19.2 Å². The zero-order chi connectivity index (χ0) is 16.1. The van der Waals surface area contributed by atoms with E-state index in [9.17, 15) is 9.59 Å². The van der Waals surface area contributed by atoms with Gasteiger partial charge in [-0.25, -0.2) is 9.59 Å². The maximum absolute atomic E-state index is 11.2. The molecule has 118 valence electrons. The van der Waals surface area contributed by atoms with Crippen LogP contribution in [0.3, 0.4) is 0 Å². The quantitative estimate of drug-likeness (QED) is 0.106. The summed E-state index contributed by atoms with van der Waals surface area (Å²) in [5.74, 6) is -2.29. The highest BCUT2D eigenvalue weighted by atomic mass is 16.7. The van der Waals surface area contributed by atoms with Gasteiger partial charge in [0.2, 0.25) is 0 Å². The molecular weight excluding hydrogens is 278 g/mol. The molecule has 6 N–H and O–H groups in total. The Morgan fingerprint density at radius 3 is 2.33 bits per heavy atom. The molecule has 0 aliphatic heterocycles. The molecule has 0 aromatic rings. The molecule has 0 amide bonds. The van der Waals surface area contributed by atoms with Crippen molar-refractivity contribution >= 4 is 23.9 Å². The van der Waals surface area contributed by atoms with Crippen molar-refractivity contribution in [1.82, 2.24) is 0 Å². The van der Waals surface area contributed by atoms with Crippen LogP contribution >= 0.6 is 0 Å². The van der Waals surface area contributed by atoms with Crippen molar-refractivity contribution in [3.05, 3.63) is 12.2 Å². The second kappa shape index (κ2) is 11.3. The highest BCUT2D eigenvalue weighted by molar-refractivity contribution is 5.94. The Bertz CT molecular complexity index is 427. The molecule has 0 aliphatic carbocycles. The van der Waals surface area contributed by atoms with E-state index in [1.165, 1.54) is 0 Å². The highest BCUT2D eigenvalue weighted by Gasteiger charge is 2.01. The van der Waals surface area contributed by atoms with Crippen molar-refractivity contribution in [1.29, 1.82) is 0 Å². The summed E-state index contributed by atoms with van der Waals surface area (Å²) >= 11 is 0. The van der Waals surface area contributed by atoms with Gasteiger partial charge >= 0.3 is 11.9 Å². The number of carbonyl (C=O) groups is 2. The maximum atomic E-state index is 11.2. The number of ether oxygens (including phenoxy) is 1. The van der Waals surface area contributed by atoms with Gasteiger partial charge in [-0.15, -0.1) is 0 Å². The minimum Gasteiger partial charge on any atom is -0.463 e. The molecule has 0 aromatic heterocycles. The van der Waals surface area contributed by atoms with Gasteiger partial charge in [0.1, 0.15) is 0 Å². The van der Waals surface area contributed by atoms with Gasteiger partial charge in [0.15, 0.2) is 5.96 Å². The van der Waals surface area contributed by atoms with Crippen molar-refractivity contribution in [3.8, 4) is 0 Å². The number of nitrogens with zero attached hydrogens (tertiary/aromatic N) is 2. The van der Waals surface area contributed by atoms with Gasteiger partial charge in [-0.2, -0.15) is 4.99 Å². The van der Waals surface area contributed by atoms with Gasteiger partial charge in [-0.05, 0) is 11.6 Å². The van der Waals surface area contributed by atoms with E-state index in [0.717, 1.165) is 37.8 Å². The van der Waals surface area contributed by atoms with Crippen molar-refractivity contribution in [2.24, 2.45) is 27.3 Å². The fourth-order valence-corrected chi connectivity index (χ4v) is 1.16. The molecule has 9 nitrogen and oxygen atoms in total. The average molecular weight is 299 g/mol. The Balaban J connectivity index is 3.98. The molecule has 0 bridgehead atoms. The third-order valence-electron chi connectivity index (χ3n) is 2.07. The molecule has 0 fully saturated rings. The van der Waals surface area contributed by atoms with Crippen molar-refractivity contribution in [3.63, 3.8) is 0 Å². The number of carbonyl (C=O) groups excluding carboxylic acids is 2. The largest absolute Gasteiger partial charge is 0.463 e. The molecule has 9 heteroatoms. The first-order valence-corrected chi connectivity index (χ1v) is 6.44. The smallest absolute Gasteiger partial charge is 0.359 e. The van der Waals surface area contributed by atoms with Crippen LogP contribution in [0.1, 0.15) is 32.6 Å². The normalized spacial score (nSPS) is 11.2. The van der Waals surface area contributed by atoms with E-state index in [-0.39, 0.29) is 5.96 Å². The standard InChI is InChI=1S/C12H21N5O4/c1-2-3-4-5-8-20-9(18)6-7-10(19)21-17-12(15)16-11(13)14/h6-7H,2-5,8H2,1H3,(H6,13,14,15,16,17)/b7-6-. The topological polar surface area (TPSA) is 155 Å². The van der Waals surface area contributed by atoms with E-state index in [0.29, 0.717) is 6.61 Å². The third kappa shape index (κ3) is 12.2. The Morgan fingerprint density at radius 2 is 1.71 bits per heavy atom. The number of rotatable bonds is 8. The first-order valence-electron chi connectivity index (χ1n) is 6.44. The van der Waals surface area contributed by atoms with E-state index in [2.05, 4.69) is 21.9 Å². The molecule has 0 saturated carbocycles. The minimum absolute atomic E-state index is 0.313. The molecule has 0 atom stereocenters. The molecule has 0 rings (SSSR count). The molecule has 0 heterocycles.